The maximum atomic E-state index is 13.0. The lowest BCUT2D eigenvalue weighted by Crippen LogP contribution is -2.25. The molecule has 3 rings (SSSR count). The van der Waals surface area contributed by atoms with Crippen molar-refractivity contribution in [1.29, 1.82) is 0 Å². The lowest BCUT2D eigenvalue weighted by Gasteiger charge is -2.24. The zero-order valence-electron chi connectivity index (χ0n) is 13.0. The van der Waals surface area contributed by atoms with Crippen molar-refractivity contribution < 1.29 is 9.59 Å². The smallest absolute Gasteiger partial charge is 0.195 e. The van der Waals surface area contributed by atoms with Gasteiger partial charge in [0.15, 0.2) is 11.6 Å². The minimum absolute atomic E-state index is 0.00917. The minimum Gasteiger partial charge on any atom is -0.289 e. The van der Waals surface area contributed by atoms with E-state index in [1.54, 1.807) is 6.07 Å². The van der Waals surface area contributed by atoms with Gasteiger partial charge in [-0.1, -0.05) is 18.2 Å². The van der Waals surface area contributed by atoms with Crippen LogP contribution in [-0.2, 0) is 0 Å². The highest BCUT2D eigenvalue weighted by atomic mass is 16.1. The Morgan fingerprint density at radius 1 is 0.619 bits per heavy atom. The van der Waals surface area contributed by atoms with Crippen molar-refractivity contribution in [3.63, 3.8) is 0 Å². The summed E-state index contributed by atoms with van der Waals surface area (Å²) in [7, 11) is 0. The van der Waals surface area contributed by atoms with Crippen LogP contribution in [0, 0.1) is 34.6 Å². The lowest BCUT2D eigenvalue weighted by atomic mass is 9.77. The molecule has 1 aliphatic carbocycles. The number of rotatable bonds is 0. The Labute approximate surface area is 124 Å². The molecule has 0 radical (unpaired) electrons. The van der Waals surface area contributed by atoms with Crippen LogP contribution >= 0.6 is 0 Å². The first-order valence-electron chi connectivity index (χ1n) is 7.15. The van der Waals surface area contributed by atoms with Crippen molar-refractivity contribution in [2.24, 2.45) is 0 Å². The molecule has 2 heteroatoms. The van der Waals surface area contributed by atoms with E-state index in [1.165, 1.54) is 0 Å². The molecule has 106 valence electrons. The van der Waals surface area contributed by atoms with Gasteiger partial charge in [0.1, 0.15) is 0 Å². The van der Waals surface area contributed by atoms with E-state index in [2.05, 4.69) is 0 Å². The van der Waals surface area contributed by atoms with E-state index in [0.717, 1.165) is 27.8 Å². The maximum absolute atomic E-state index is 13.0. The lowest BCUT2D eigenvalue weighted by molar-refractivity contribution is 0.0977. The van der Waals surface area contributed by atoms with Crippen LogP contribution < -0.4 is 0 Å². The van der Waals surface area contributed by atoms with Crippen LogP contribution in [0.3, 0.4) is 0 Å². The van der Waals surface area contributed by atoms with E-state index in [4.69, 9.17) is 0 Å². The van der Waals surface area contributed by atoms with Crippen molar-refractivity contribution in [1.82, 2.24) is 0 Å². The van der Waals surface area contributed by atoms with E-state index >= 15 is 0 Å². The summed E-state index contributed by atoms with van der Waals surface area (Å²) >= 11 is 0. The fraction of sp³-hybridized carbons (Fsp3) is 0.263. The second kappa shape index (κ2) is 4.39. The van der Waals surface area contributed by atoms with E-state index in [-0.39, 0.29) is 11.6 Å². The highest BCUT2D eigenvalue weighted by Crippen LogP contribution is 2.35. The Bertz CT molecular complexity index is 826. The van der Waals surface area contributed by atoms with Crippen molar-refractivity contribution in [2.75, 3.05) is 0 Å². The summed E-state index contributed by atoms with van der Waals surface area (Å²) < 4.78 is 0. The topological polar surface area (TPSA) is 34.1 Å². The minimum atomic E-state index is -0.0247. The second-order valence-electron chi connectivity index (χ2n) is 5.97. The quantitative estimate of drug-likeness (QED) is 0.622. The summed E-state index contributed by atoms with van der Waals surface area (Å²) in [5.41, 5.74) is 7.12. The van der Waals surface area contributed by atoms with Crippen LogP contribution in [0.15, 0.2) is 18.2 Å². The van der Waals surface area contributed by atoms with Gasteiger partial charge in [0, 0.05) is 22.3 Å². The number of hydrogen-bond donors (Lipinski definition) is 0. The number of carbonyl (C=O) groups excluding carboxylic acids is 2. The average molecular weight is 278 g/mol. The maximum Gasteiger partial charge on any atom is 0.195 e. The van der Waals surface area contributed by atoms with Gasteiger partial charge in [0.25, 0.3) is 0 Å². The van der Waals surface area contributed by atoms with Gasteiger partial charge in [-0.3, -0.25) is 9.59 Å². The van der Waals surface area contributed by atoms with Gasteiger partial charge in [-0.25, -0.2) is 0 Å². The monoisotopic (exact) mass is 278 g/mol. The number of carbonyl (C=O) groups is 2. The van der Waals surface area contributed by atoms with Crippen molar-refractivity contribution in [3.8, 4) is 0 Å². The van der Waals surface area contributed by atoms with Crippen LogP contribution in [0.25, 0.3) is 0 Å². The number of ketones is 2. The molecule has 0 aromatic heterocycles. The Kier molecular flexibility index (Phi) is 2.87. The van der Waals surface area contributed by atoms with Crippen molar-refractivity contribution in [2.45, 2.75) is 34.6 Å². The third-order valence-corrected chi connectivity index (χ3v) is 4.71. The van der Waals surface area contributed by atoms with Gasteiger partial charge in [-0.15, -0.1) is 0 Å². The van der Waals surface area contributed by atoms with E-state index < -0.39 is 0 Å². The molecule has 0 amide bonds. The van der Waals surface area contributed by atoms with Crippen LogP contribution in [0.2, 0.25) is 0 Å². The molecule has 2 nitrogen and oxygen atoms in total. The highest BCUT2D eigenvalue weighted by molar-refractivity contribution is 6.30. The summed E-state index contributed by atoms with van der Waals surface area (Å²) in [6.07, 6.45) is 0. The van der Waals surface area contributed by atoms with Crippen molar-refractivity contribution >= 4 is 11.6 Å². The molecule has 0 saturated carbocycles. The summed E-state index contributed by atoms with van der Waals surface area (Å²) in [6, 6.07) is 5.70. The Balaban J connectivity index is 2.45. The molecule has 0 spiro atoms. The van der Waals surface area contributed by atoms with Gasteiger partial charge in [-0.05, 0) is 62.4 Å². The van der Waals surface area contributed by atoms with Gasteiger partial charge in [-0.2, -0.15) is 0 Å². The van der Waals surface area contributed by atoms with Gasteiger partial charge >= 0.3 is 0 Å². The summed E-state index contributed by atoms with van der Waals surface area (Å²) in [6.45, 7) is 9.70. The number of hydrogen-bond acceptors (Lipinski definition) is 2. The fourth-order valence-electron chi connectivity index (χ4n) is 3.22. The molecular weight excluding hydrogens is 260 g/mol. The summed E-state index contributed by atoms with van der Waals surface area (Å²) in [5.74, 6) is -0.0339. The van der Waals surface area contributed by atoms with Gasteiger partial charge in [0.2, 0.25) is 0 Å². The Morgan fingerprint density at radius 3 is 1.90 bits per heavy atom. The van der Waals surface area contributed by atoms with E-state index in [0.29, 0.717) is 22.3 Å². The second-order valence-corrected chi connectivity index (χ2v) is 5.97. The molecule has 0 fully saturated rings. The predicted molar refractivity (Wildman–Crippen MR) is 83.4 cm³/mol. The van der Waals surface area contributed by atoms with Crippen molar-refractivity contribution in [3.05, 3.63) is 68.3 Å². The number of benzene rings is 2. The van der Waals surface area contributed by atoms with E-state index in [9.17, 15) is 9.59 Å². The molecule has 0 heterocycles. The van der Waals surface area contributed by atoms with Crippen LogP contribution in [0.4, 0.5) is 0 Å². The van der Waals surface area contributed by atoms with Crippen LogP contribution in [0.5, 0.6) is 0 Å². The number of fused-ring (bicyclic) bond motifs is 2. The normalized spacial score (nSPS) is 13.2. The highest BCUT2D eigenvalue weighted by Gasteiger charge is 2.34. The first kappa shape index (κ1) is 13.7. The largest absolute Gasteiger partial charge is 0.289 e. The van der Waals surface area contributed by atoms with E-state index in [1.807, 2.05) is 46.8 Å². The Hall–Kier alpha value is -2.22. The third kappa shape index (κ3) is 1.72. The molecular formula is C19H18O2. The van der Waals surface area contributed by atoms with Crippen LogP contribution in [0.1, 0.15) is 59.7 Å². The molecule has 0 saturated heterocycles. The summed E-state index contributed by atoms with van der Waals surface area (Å²) in [5, 5.41) is 0. The first-order chi connectivity index (χ1) is 9.84. The molecule has 0 atom stereocenters. The van der Waals surface area contributed by atoms with Gasteiger partial charge in [0.05, 0.1) is 0 Å². The zero-order chi connectivity index (χ0) is 15.5. The zero-order valence-corrected chi connectivity index (χ0v) is 13.0. The summed E-state index contributed by atoms with van der Waals surface area (Å²) in [4.78, 5) is 25.8. The standard InChI is InChI=1S/C19H18O2/c1-9-6-7-14-16(12(9)4)19(21)17-13(5)10(2)8-11(3)15(17)18(14)20/h6-8H,1-5H3. The van der Waals surface area contributed by atoms with Crippen LogP contribution in [-0.4, -0.2) is 11.6 Å². The molecule has 0 aliphatic heterocycles. The van der Waals surface area contributed by atoms with Gasteiger partial charge < -0.3 is 0 Å². The molecule has 0 unspecified atom stereocenters. The molecule has 0 bridgehead atoms. The third-order valence-electron chi connectivity index (χ3n) is 4.71. The SMILES string of the molecule is Cc1ccc2c(c1C)C(=O)c1c(C)c(C)cc(C)c1C2=O. The predicted octanol–water partition coefficient (Wildman–Crippen LogP) is 4.00. The molecule has 1 aliphatic rings. The Morgan fingerprint density at radius 2 is 1.24 bits per heavy atom. The first-order valence-corrected chi connectivity index (χ1v) is 7.15. The number of aryl methyl sites for hydroxylation is 3. The molecule has 2 aromatic rings. The fourth-order valence-corrected chi connectivity index (χ4v) is 3.22. The molecule has 21 heavy (non-hydrogen) atoms. The molecule has 2 aromatic carbocycles. The molecule has 0 N–H and O–H groups in total. The average Bonchev–Trinajstić information content (AvgIpc) is 2.43.